The van der Waals surface area contributed by atoms with Crippen molar-refractivity contribution in [2.45, 2.75) is 64.6 Å². The number of carbonyl (C=O) groups is 2. The molecule has 40 heavy (non-hydrogen) atoms. The molecule has 3 aromatic rings. The summed E-state index contributed by atoms with van der Waals surface area (Å²) in [6, 6.07) is 17.4. The molecule has 3 aromatic carbocycles. The molecule has 0 unspecified atom stereocenters. The Bertz CT molecular complexity index is 1490. The van der Waals surface area contributed by atoms with Gasteiger partial charge in [0.05, 0.1) is 20.6 Å². The lowest BCUT2D eigenvalue weighted by atomic mass is 10.1. The fraction of sp³-hybridized carbons (Fsp3) is 0.333. The second-order valence-corrected chi connectivity index (χ2v) is 13.5. The van der Waals surface area contributed by atoms with Crippen molar-refractivity contribution < 1.29 is 18.0 Å². The minimum Gasteiger partial charge on any atom is -0.350 e. The van der Waals surface area contributed by atoms with Crippen LogP contribution in [0.1, 0.15) is 44.4 Å². The van der Waals surface area contributed by atoms with Gasteiger partial charge in [0.25, 0.3) is 10.0 Å². The van der Waals surface area contributed by atoms with Crippen molar-refractivity contribution >= 4 is 50.7 Å². The molecule has 2 amide bonds. The number of hydrogen-bond acceptors (Lipinski definition) is 4. The monoisotopic (exact) mass is 603 g/mol. The predicted molar refractivity (Wildman–Crippen MR) is 161 cm³/mol. The van der Waals surface area contributed by atoms with E-state index in [9.17, 15) is 18.0 Å². The number of benzene rings is 3. The average molecular weight is 605 g/mol. The Morgan fingerprint density at radius 2 is 1.55 bits per heavy atom. The van der Waals surface area contributed by atoms with Crippen molar-refractivity contribution in [2.24, 2.45) is 0 Å². The maximum absolute atomic E-state index is 14.0. The van der Waals surface area contributed by atoms with Crippen LogP contribution >= 0.6 is 23.2 Å². The molecule has 214 valence electrons. The van der Waals surface area contributed by atoms with E-state index in [0.717, 1.165) is 15.4 Å². The highest BCUT2D eigenvalue weighted by molar-refractivity contribution is 7.92. The van der Waals surface area contributed by atoms with E-state index in [1.54, 1.807) is 55.5 Å². The van der Waals surface area contributed by atoms with Crippen LogP contribution in [0.15, 0.2) is 71.6 Å². The zero-order chi connectivity index (χ0) is 29.8. The van der Waals surface area contributed by atoms with Gasteiger partial charge in [-0.3, -0.25) is 13.9 Å². The minimum absolute atomic E-state index is 0.0146. The summed E-state index contributed by atoms with van der Waals surface area (Å²) in [5.41, 5.74) is 2.19. The largest absolute Gasteiger partial charge is 0.350 e. The van der Waals surface area contributed by atoms with E-state index in [0.29, 0.717) is 21.3 Å². The molecule has 0 aliphatic rings. The van der Waals surface area contributed by atoms with E-state index < -0.39 is 34.1 Å². The molecule has 0 radical (unpaired) electrons. The van der Waals surface area contributed by atoms with Gasteiger partial charge in [-0.2, -0.15) is 0 Å². The first-order valence-corrected chi connectivity index (χ1v) is 15.0. The van der Waals surface area contributed by atoms with Gasteiger partial charge in [0.15, 0.2) is 0 Å². The number of aryl methyl sites for hydroxylation is 2. The van der Waals surface area contributed by atoms with Crippen LogP contribution in [0.25, 0.3) is 0 Å². The van der Waals surface area contributed by atoms with Crippen LogP contribution in [0.3, 0.4) is 0 Å². The van der Waals surface area contributed by atoms with E-state index in [2.05, 4.69) is 5.32 Å². The van der Waals surface area contributed by atoms with Gasteiger partial charge in [0.2, 0.25) is 11.8 Å². The Hall–Kier alpha value is -3.07. The Morgan fingerprint density at radius 1 is 0.900 bits per heavy atom. The molecule has 0 aliphatic carbocycles. The molecule has 1 atom stereocenters. The Kier molecular flexibility index (Phi) is 9.93. The highest BCUT2D eigenvalue weighted by Gasteiger charge is 2.33. The molecule has 10 heteroatoms. The first-order chi connectivity index (χ1) is 18.6. The third kappa shape index (κ3) is 7.99. The summed E-state index contributed by atoms with van der Waals surface area (Å²) >= 11 is 12.3. The van der Waals surface area contributed by atoms with E-state index >= 15 is 0 Å². The molecule has 3 rings (SSSR count). The lowest BCUT2D eigenvalue weighted by Crippen LogP contribution is -2.54. The molecule has 0 saturated carbocycles. The summed E-state index contributed by atoms with van der Waals surface area (Å²) in [5, 5.41) is 3.57. The molecule has 0 aromatic heterocycles. The van der Waals surface area contributed by atoms with Gasteiger partial charge < -0.3 is 10.2 Å². The Labute approximate surface area is 247 Å². The number of nitrogens with zero attached hydrogens (tertiary/aromatic N) is 2. The third-order valence-corrected chi connectivity index (χ3v) is 8.71. The summed E-state index contributed by atoms with van der Waals surface area (Å²) < 4.78 is 28.9. The number of hydrogen-bond donors (Lipinski definition) is 1. The van der Waals surface area contributed by atoms with Crippen LogP contribution in [0, 0.1) is 13.8 Å². The number of nitrogens with one attached hydrogen (secondary N) is 1. The molecular formula is C30H35Cl2N3O4S. The summed E-state index contributed by atoms with van der Waals surface area (Å²) in [7, 11) is -4.13. The van der Waals surface area contributed by atoms with Gasteiger partial charge in [-0.05, 0) is 89.1 Å². The van der Waals surface area contributed by atoms with Crippen LogP contribution in [-0.2, 0) is 26.2 Å². The molecule has 0 saturated heterocycles. The molecule has 0 bridgehead atoms. The molecule has 0 aliphatic heterocycles. The smallest absolute Gasteiger partial charge is 0.264 e. The summed E-state index contributed by atoms with van der Waals surface area (Å²) in [5.74, 6) is -0.927. The number of amides is 2. The van der Waals surface area contributed by atoms with Gasteiger partial charge >= 0.3 is 0 Å². The van der Waals surface area contributed by atoms with E-state index in [4.69, 9.17) is 23.2 Å². The third-order valence-electron chi connectivity index (χ3n) is 6.18. The number of anilines is 1. The maximum atomic E-state index is 14.0. The number of carbonyl (C=O) groups excluding carboxylic acids is 2. The topological polar surface area (TPSA) is 86.8 Å². The number of halogens is 2. The molecular weight excluding hydrogens is 569 g/mol. The zero-order valence-corrected chi connectivity index (χ0v) is 25.9. The summed E-state index contributed by atoms with van der Waals surface area (Å²) in [6.07, 6.45) is 0. The van der Waals surface area contributed by atoms with Gasteiger partial charge in [-0.15, -0.1) is 0 Å². The van der Waals surface area contributed by atoms with Crippen LogP contribution in [-0.4, -0.2) is 43.3 Å². The zero-order valence-electron chi connectivity index (χ0n) is 23.5. The van der Waals surface area contributed by atoms with Gasteiger partial charge in [-0.25, -0.2) is 8.42 Å². The normalized spacial score (nSPS) is 12.5. The van der Waals surface area contributed by atoms with Crippen molar-refractivity contribution in [1.82, 2.24) is 10.2 Å². The summed E-state index contributed by atoms with van der Waals surface area (Å²) in [4.78, 5) is 28.6. The molecule has 7 nitrogen and oxygen atoms in total. The molecule has 1 N–H and O–H groups in total. The highest BCUT2D eigenvalue weighted by atomic mass is 35.5. The van der Waals surface area contributed by atoms with Crippen molar-refractivity contribution in [2.75, 3.05) is 10.8 Å². The van der Waals surface area contributed by atoms with E-state index in [1.807, 2.05) is 40.7 Å². The van der Waals surface area contributed by atoms with Crippen LogP contribution < -0.4 is 9.62 Å². The fourth-order valence-corrected chi connectivity index (χ4v) is 5.77. The van der Waals surface area contributed by atoms with Gasteiger partial charge in [-0.1, -0.05) is 59.1 Å². The van der Waals surface area contributed by atoms with Gasteiger partial charge in [0, 0.05) is 12.1 Å². The fourth-order valence-electron chi connectivity index (χ4n) is 4.04. The second kappa shape index (κ2) is 12.6. The number of rotatable bonds is 9. The van der Waals surface area contributed by atoms with Crippen molar-refractivity contribution in [1.29, 1.82) is 0 Å². The molecule has 0 spiro atoms. The van der Waals surface area contributed by atoms with Crippen molar-refractivity contribution in [3.05, 3.63) is 93.5 Å². The first-order valence-electron chi connectivity index (χ1n) is 12.8. The maximum Gasteiger partial charge on any atom is 0.264 e. The highest BCUT2D eigenvalue weighted by Crippen LogP contribution is 2.27. The standard InChI is InChI=1S/C30H35Cl2N3O4S/c1-20-10-13-25(14-11-20)40(38,39)35(24-9-7-8-21(2)16-24)19-28(36)34(22(3)29(37)33-30(4,5)6)18-23-12-15-26(31)27(32)17-23/h7-17,22H,18-19H2,1-6H3,(H,33,37)/t22-/m0/s1. The van der Waals surface area contributed by atoms with Crippen LogP contribution in [0.5, 0.6) is 0 Å². The SMILES string of the molecule is Cc1ccc(S(=O)(=O)N(CC(=O)N(Cc2ccc(Cl)c(Cl)c2)[C@@H](C)C(=O)NC(C)(C)C)c2cccc(C)c2)cc1. The average Bonchev–Trinajstić information content (AvgIpc) is 2.86. The van der Waals surface area contributed by atoms with Crippen LogP contribution in [0.4, 0.5) is 5.69 Å². The van der Waals surface area contributed by atoms with E-state index in [1.165, 1.54) is 17.0 Å². The van der Waals surface area contributed by atoms with Crippen molar-refractivity contribution in [3.8, 4) is 0 Å². The van der Waals surface area contributed by atoms with E-state index in [-0.39, 0.29) is 17.3 Å². The molecule has 0 fully saturated rings. The van der Waals surface area contributed by atoms with Gasteiger partial charge in [0.1, 0.15) is 12.6 Å². The van der Waals surface area contributed by atoms with Crippen molar-refractivity contribution in [3.63, 3.8) is 0 Å². The Balaban J connectivity index is 2.05. The summed E-state index contributed by atoms with van der Waals surface area (Å²) in [6.45, 7) is 10.3. The lowest BCUT2D eigenvalue weighted by Gasteiger charge is -2.33. The number of sulfonamides is 1. The lowest BCUT2D eigenvalue weighted by molar-refractivity contribution is -0.140. The quantitative estimate of drug-likeness (QED) is 0.318. The Morgan fingerprint density at radius 3 is 2.12 bits per heavy atom. The minimum atomic E-state index is -4.13. The predicted octanol–water partition coefficient (Wildman–Crippen LogP) is 6.14. The van der Waals surface area contributed by atoms with Crippen LogP contribution in [0.2, 0.25) is 10.0 Å². The molecule has 0 heterocycles. The first kappa shape index (κ1) is 31.5. The second-order valence-electron chi connectivity index (χ2n) is 10.8.